The molecule has 1 aliphatic rings. The largest absolute Gasteiger partial charge is 0.378 e. The third-order valence-corrected chi connectivity index (χ3v) is 7.46. The number of azide groups is 1. The minimum absolute atomic E-state index is 0.0476. The van der Waals surface area contributed by atoms with Gasteiger partial charge in [-0.25, -0.2) is 13.4 Å². The highest BCUT2D eigenvalue weighted by Crippen LogP contribution is 2.25. The summed E-state index contributed by atoms with van der Waals surface area (Å²) in [6.07, 6.45) is 1.71. The first-order valence-electron chi connectivity index (χ1n) is 9.93. The fourth-order valence-electron chi connectivity index (χ4n) is 3.10. The first-order valence-corrected chi connectivity index (χ1v) is 12.5. The molecule has 1 N–H and O–H groups in total. The maximum Gasteiger partial charge on any atom is 0.275 e. The lowest BCUT2D eigenvalue weighted by atomic mass is 10.2. The molecule has 1 aromatic heterocycles. The molecule has 0 radical (unpaired) electrons. The van der Waals surface area contributed by atoms with E-state index in [0.29, 0.717) is 39.0 Å². The molecular weight excluding hydrogens is 440 g/mol. The molecule has 0 bridgehead atoms. The summed E-state index contributed by atoms with van der Waals surface area (Å²) in [5.74, 6) is -0.499. The van der Waals surface area contributed by atoms with Gasteiger partial charge in [-0.2, -0.15) is 0 Å². The molecule has 1 fully saturated rings. The van der Waals surface area contributed by atoms with E-state index in [2.05, 4.69) is 25.2 Å². The van der Waals surface area contributed by atoms with Crippen LogP contribution in [0.3, 0.4) is 0 Å². The lowest BCUT2D eigenvalue weighted by Gasteiger charge is -2.25. The van der Waals surface area contributed by atoms with Crippen LogP contribution in [-0.2, 0) is 14.6 Å². The molecule has 1 aromatic carbocycles. The van der Waals surface area contributed by atoms with Crippen molar-refractivity contribution < 1.29 is 17.9 Å². The molecule has 166 valence electrons. The number of amides is 1. The number of hydrogen-bond donors (Lipinski definition) is 1. The number of aromatic nitrogens is 1. The number of sulfone groups is 1. The number of carbonyl (C=O) groups is 1. The summed E-state index contributed by atoms with van der Waals surface area (Å²) in [7, 11) is -3.58. The highest BCUT2D eigenvalue weighted by Gasteiger charge is 2.22. The SMILES string of the molecule is [N-]=[N+]=NCCCCCS(=O)(=O)c1ccccc1NC(=O)c1csc(N2CCOCC2)n1. The maximum atomic E-state index is 12.8. The molecule has 0 saturated carbocycles. The topological polar surface area (TPSA) is 137 Å². The van der Waals surface area contributed by atoms with Gasteiger partial charge in [0.2, 0.25) is 0 Å². The number of nitrogens with zero attached hydrogens (tertiary/aromatic N) is 5. The second-order valence-electron chi connectivity index (χ2n) is 6.90. The van der Waals surface area contributed by atoms with Gasteiger partial charge in [-0.1, -0.05) is 23.7 Å². The van der Waals surface area contributed by atoms with Gasteiger partial charge in [-0.3, -0.25) is 4.79 Å². The molecule has 1 aliphatic heterocycles. The van der Waals surface area contributed by atoms with Crippen molar-refractivity contribution in [3.63, 3.8) is 0 Å². The van der Waals surface area contributed by atoms with Crippen LogP contribution >= 0.6 is 11.3 Å². The molecule has 2 aromatic rings. The van der Waals surface area contributed by atoms with E-state index < -0.39 is 15.7 Å². The van der Waals surface area contributed by atoms with Crippen LogP contribution in [0.15, 0.2) is 39.7 Å². The standard InChI is InChI=1S/C19H24N6O4S2/c20-24-21-8-4-1-5-13-31(27,28)17-7-3-2-6-15(17)22-18(26)16-14-30-19(23-16)25-9-11-29-12-10-25/h2-3,6-7,14H,1,4-5,8-13H2,(H,22,26). The minimum atomic E-state index is -3.58. The van der Waals surface area contributed by atoms with Crippen LogP contribution < -0.4 is 10.2 Å². The van der Waals surface area contributed by atoms with Gasteiger partial charge in [-0.15, -0.1) is 11.3 Å². The molecule has 12 heteroatoms. The average molecular weight is 465 g/mol. The van der Waals surface area contributed by atoms with Gasteiger partial charge in [0.15, 0.2) is 15.0 Å². The quantitative estimate of drug-likeness (QED) is 0.247. The van der Waals surface area contributed by atoms with Crippen molar-refractivity contribution in [2.24, 2.45) is 5.11 Å². The predicted molar refractivity (Wildman–Crippen MR) is 119 cm³/mol. The smallest absolute Gasteiger partial charge is 0.275 e. The fraction of sp³-hybridized carbons (Fsp3) is 0.474. The molecule has 1 saturated heterocycles. The number of ether oxygens (including phenoxy) is 1. The van der Waals surface area contributed by atoms with Crippen molar-refractivity contribution in [3.8, 4) is 0 Å². The third-order valence-electron chi connectivity index (χ3n) is 4.71. The summed E-state index contributed by atoms with van der Waals surface area (Å²) >= 11 is 1.37. The van der Waals surface area contributed by atoms with E-state index in [9.17, 15) is 13.2 Å². The van der Waals surface area contributed by atoms with Gasteiger partial charge in [0, 0.05) is 29.9 Å². The predicted octanol–water partition coefficient (Wildman–Crippen LogP) is 3.49. The van der Waals surface area contributed by atoms with Crippen LogP contribution in [0.5, 0.6) is 0 Å². The number of benzene rings is 1. The minimum Gasteiger partial charge on any atom is -0.378 e. The van der Waals surface area contributed by atoms with Crippen LogP contribution in [-0.4, -0.2) is 57.9 Å². The molecule has 1 amide bonds. The molecule has 0 atom stereocenters. The Kier molecular flexibility index (Phi) is 8.24. The van der Waals surface area contributed by atoms with E-state index in [4.69, 9.17) is 10.3 Å². The zero-order valence-electron chi connectivity index (χ0n) is 16.9. The summed E-state index contributed by atoms with van der Waals surface area (Å²) in [5, 5.41) is 8.55. The number of unbranched alkanes of at least 4 members (excludes halogenated alkanes) is 2. The molecule has 0 aliphatic carbocycles. The van der Waals surface area contributed by atoms with E-state index >= 15 is 0 Å². The summed E-state index contributed by atoms with van der Waals surface area (Å²) in [6.45, 7) is 3.04. The third kappa shape index (κ3) is 6.41. The Hall–Kier alpha value is -2.66. The molecule has 0 unspecified atom stereocenters. The van der Waals surface area contributed by atoms with Gasteiger partial charge >= 0.3 is 0 Å². The van der Waals surface area contributed by atoms with Crippen molar-refractivity contribution >= 4 is 37.9 Å². The number of nitrogens with one attached hydrogen (secondary N) is 1. The Morgan fingerprint density at radius 2 is 2.03 bits per heavy atom. The average Bonchev–Trinajstić information content (AvgIpc) is 3.28. The Labute approximate surface area is 184 Å². The van der Waals surface area contributed by atoms with Crippen molar-refractivity contribution in [2.45, 2.75) is 24.2 Å². The highest BCUT2D eigenvalue weighted by atomic mass is 32.2. The van der Waals surface area contributed by atoms with E-state index in [0.717, 1.165) is 18.2 Å². The van der Waals surface area contributed by atoms with Crippen LogP contribution in [0.25, 0.3) is 10.4 Å². The summed E-state index contributed by atoms with van der Waals surface area (Å²) in [6, 6.07) is 6.37. The Bertz CT molecular complexity index is 1040. The van der Waals surface area contributed by atoms with Crippen molar-refractivity contribution in [3.05, 3.63) is 45.8 Å². The normalized spacial score (nSPS) is 14.1. The number of carbonyl (C=O) groups excluding carboxylic acids is 1. The summed E-state index contributed by atoms with van der Waals surface area (Å²) in [4.78, 5) is 21.9. The Morgan fingerprint density at radius 3 is 2.81 bits per heavy atom. The second kappa shape index (κ2) is 11.1. The van der Waals surface area contributed by atoms with Crippen LogP contribution in [0.4, 0.5) is 10.8 Å². The molecule has 3 rings (SSSR count). The van der Waals surface area contributed by atoms with Crippen molar-refractivity contribution in [1.29, 1.82) is 0 Å². The number of para-hydroxylation sites is 1. The zero-order valence-corrected chi connectivity index (χ0v) is 18.6. The first-order chi connectivity index (χ1) is 15.0. The molecule has 10 nitrogen and oxygen atoms in total. The molecule has 2 heterocycles. The number of rotatable bonds is 10. The lowest BCUT2D eigenvalue weighted by Crippen LogP contribution is -2.36. The molecule has 0 spiro atoms. The van der Waals surface area contributed by atoms with Gasteiger partial charge in [0.05, 0.1) is 29.5 Å². The van der Waals surface area contributed by atoms with Gasteiger partial charge < -0.3 is 15.0 Å². The zero-order chi connectivity index (χ0) is 22.1. The summed E-state index contributed by atoms with van der Waals surface area (Å²) in [5.41, 5.74) is 8.76. The highest BCUT2D eigenvalue weighted by molar-refractivity contribution is 7.91. The second-order valence-corrected chi connectivity index (χ2v) is 9.81. The lowest BCUT2D eigenvalue weighted by molar-refractivity contribution is 0.102. The first kappa shape index (κ1) is 23.0. The summed E-state index contributed by atoms with van der Waals surface area (Å²) < 4.78 is 30.9. The van der Waals surface area contributed by atoms with Crippen molar-refractivity contribution in [1.82, 2.24) is 4.98 Å². The number of anilines is 2. The Morgan fingerprint density at radius 1 is 1.26 bits per heavy atom. The molecule has 31 heavy (non-hydrogen) atoms. The fourth-order valence-corrected chi connectivity index (χ4v) is 5.51. The number of morpholine rings is 1. The maximum absolute atomic E-state index is 12.8. The van der Waals surface area contributed by atoms with E-state index in [-0.39, 0.29) is 22.0 Å². The van der Waals surface area contributed by atoms with E-state index in [1.54, 1.807) is 23.6 Å². The van der Waals surface area contributed by atoms with Crippen LogP contribution in [0, 0.1) is 0 Å². The van der Waals surface area contributed by atoms with Gasteiger partial charge in [-0.05, 0) is 30.5 Å². The van der Waals surface area contributed by atoms with Crippen LogP contribution in [0.1, 0.15) is 29.8 Å². The monoisotopic (exact) mass is 464 g/mol. The number of thiazole rings is 1. The van der Waals surface area contributed by atoms with E-state index in [1.165, 1.54) is 17.4 Å². The van der Waals surface area contributed by atoms with Crippen LogP contribution in [0.2, 0.25) is 0 Å². The van der Waals surface area contributed by atoms with Gasteiger partial charge in [0.25, 0.3) is 5.91 Å². The Balaban J connectivity index is 1.65. The van der Waals surface area contributed by atoms with Gasteiger partial charge in [0.1, 0.15) is 5.69 Å². The number of hydrogen-bond acceptors (Lipinski definition) is 8. The molecular formula is C19H24N6O4S2. The van der Waals surface area contributed by atoms with Crippen molar-refractivity contribution in [2.75, 3.05) is 48.8 Å². The van der Waals surface area contributed by atoms with E-state index in [1.807, 2.05) is 0 Å².